The highest BCUT2D eigenvalue weighted by Gasteiger charge is 2.17. The predicted molar refractivity (Wildman–Crippen MR) is 127 cm³/mol. The van der Waals surface area contributed by atoms with Gasteiger partial charge in [-0.3, -0.25) is 0 Å². The predicted octanol–water partition coefficient (Wildman–Crippen LogP) is 5.86. The third-order valence-corrected chi connectivity index (χ3v) is 7.32. The largest absolute Gasteiger partial charge is 0.497 e. The molecule has 0 aliphatic heterocycles. The van der Waals surface area contributed by atoms with Gasteiger partial charge in [-0.25, -0.2) is 13.2 Å². The number of rotatable bonds is 7. The number of urea groups is 1. The van der Waals surface area contributed by atoms with Crippen LogP contribution in [-0.4, -0.2) is 21.6 Å². The zero-order valence-electron chi connectivity index (χ0n) is 17.4. The van der Waals surface area contributed by atoms with Gasteiger partial charge < -0.3 is 15.4 Å². The Balaban J connectivity index is 1.63. The minimum Gasteiger partial charge on any atom is -0.497 e. The Morgan fingerprint density at radius 3 is 2.28 bits per heavy atom. The second kappa shape index (κ2) is 10.3. The minimum atomic E-state index is -3.54. The number of hydrogen-bond acceptors (Lipinski definition) is 4. The molecule has 0 aliphatic carbocycles. The molecule has 1 unspecified atom stereocenters. The highest BCUT2D eigenvalue weighted by Crippen LogP contribution is 2.29. The first-order valence-corrected chi connectivity index (χ1v) is 12.1. The van der Waals surface area contributed by atoms with Crippen molar-refractivity contribution < 1.29 is 17.9 Å². The lowest BCUT2D eigenvalue weighted by atomic mass is 10.1. The summed E-state index contributed by atoms with van der Waals surface area (Å²) in [5.74, 6) is 0.522. The highest BCUT2D eigenvalue weighted by molar-refractivity contribution is 7.90. The summed E-state index contributed by atoms with van der Waals surface area (Å²) in [4.78, 5) is 12.5. The molecule has 0 saturated heterocycles. The Bertz CT molecular complexity index is 1200. The van der Waals surface area contributed by atoms with Crippen LogP contribution in [0.3, 0.4) is 0 Å². The first-order valence-electron chi connectivity index (χ1n) is 9.67. The van der Waals surface area contributed by atoms with E-state index in [9.17, 15) is 13.2 Å². The molecule has 3 rings (SSSR count). The Labute approximate surface area is 197 Å². The van der Waals surface area contributed by atoms with Gasteiger partial charge in [0.2, 0.25) is 0 Å². The number of halogens is 2. The summed E-state index contributed by atoms with van der Waals surface area (Å²) in [6.45, 7) is 1.78. The average Bonchev–Trinajstić information content (AvgIpc) is 2.76. The van der Waals surface area contributed by atoms with Crippen LogP contribution in [0.5, 0.6) is 5.75 Å². The summed E-state index contributed by atoms with van der Waals surface area (Å²) in [5, 5.41) is 6.25. The highest BCUT2D eigenvalue weighted by atomic mass is 35.5. The topological polar surface area (TPSA) is 84.5 Å². The standard InChI is InChI=1S/C23H22Cl2N2O4S/c1-15(20-4-3-5-21(24)22(20)25)26-23(28)27-17-8-12-19(13-9-17)32(29,30)14-16-6-10-18(31-2)11-7-16/h3-13,15H,14H2,1-2H3,(H2,26,27,28). The normalized spacial score (nSPS) is 12.1. The Morgan fingerprint density at radius 1 is 1.00 bits per heavy atom. The maximum atomic E-state index is 12.7. The van der Waals surface area contributed by atoms with Crippen LogP contribution in [0, 0.1) is 0 Å². The molecule has 2 amide bonds. The van der Waals surface area contributed by atoms with Gasteiger partial charge in [0, 0.05) is 5.69 Å². The number of hydrogen-bond donors (Lipinski definition) is 2. The number of sulfone groups is 1. The van der Waals surface area contributed by atoms with Gasteiger partial charge in [-0.1, -0.05) is 47.5 Å². The van der Waals surface area contributed by atoms with E-state index in [0.29, 0.717) is 32.6 Å². The smallest absolute Gasteiger partial charge is 0.319 e. The fourth-order valence-corrected chi connectivity index (χ4v) is 4.89. The van der Waals surface area contributed by atoms with E-state index in [-0.39, 0.29) is 16.7 Å². The lowest BCUT2D eigenvalue weighted by Crippen LogP contribution is -2.31. The van der Waals surface area contributed by atoms with Crippen LogP contribution < -0.4 is 15.4 Å². The molecule has 0 radical (unpaired) electrons. The van der Waals surface area contributed by atoms with Crippen molar-refractivity contribution in [3.63, 3.8) is 0 Å². The van der Waals surface area contributed by atoms with Crippen molar-refractivity contribution in [3.05, 3.63) is 87.9 Å². The third kappa shape index (κ3) is 5.94. The van der Waals surface area contributed by atoms with Gasteiger partial charge in [-0.05, 0) is 60.5 Å². The molecule has 2 N–H and O–H groups in total. The fraction of sp³-hybridized carbons (Fsp3) is 0.174. The second-order valence-corrected chi connectivity index (χ2v) is 9.87. The monoisotopic (exact) mass is 492 g/mol. The van der Waals surface area contributed by atoms with E-state index in [1.165, 1.54) is 24.3 Å². The van der Waals surface area contributed by atoms with Crippen LogP contribution in [0.2, 0.25) is 10.0 Å². The van der Waals surface area contributed by atoms with Crippen molar-refractivity contribution in [2.45, 2.75) is 23.6 Å². The first-order chi connectivity index (χ1) is 15.2. The van der Waals surface area contributed by atoms with Crippen LogP contribution in [0.4, 0.5) is 10.5 Å². The van der Waals surface area contributed by atoms with Gasteiger partial charge in [-0.15, -0.1) is 0 Å². The molecule has 0 aliphatic rings. The second-order valence-electron chi connectivity index (χ2n) is 7.09. The molecular weight excluding hydrogens is 471 g/mol. The van der Waals surface area contributed by atoms with E-state index in [1.807, 2.05) is 0 Å². The van der Waals surface area contributed by atoms with E-state index in [2.05, 4.69) is 10.6 Å². The molecule has 1 atom stereocenters. The summed E-state index contributed by atoms with van der Waals surface area (Å²) in [6, 6.07) is 17.2. The number of benzene rings is 3. The zero-order chi connectivity index (χ0) is 23.3. The minimum absolute atomic E-state index is 0.137. The van der Waals surface area contributed by atoms with Crippen molar-refractivity contribution in [3.8, 4) is 5.75 Å². The quantitative estimate of drug-likeness (QED) is 0.432. The van der Waals surface area contributed by atoms with Gasteiger partial charge in [-0.2, -0.15) is 0 Å². The summed E-state index contributed by atoms with van der Waals surface area (Å²) in [6.07, 6.45) is 0. The van der Waals surface area contributed by atoms with E-state index in [4.69, 9.17) is 27.9 Å². The van der Waals surface area contributed by atoms with Crippen LogP contribution in [0.15, 0.2) is 71.6 Å². The van der Waals surface area contributed by atoms with Crippen LogP contribution >= 0.6 is 23.2 Å². The van der Waals surface area contributed by atoms with E-state index in [0.717, 1.165) is 0 Å². The van der Waals surface area contributed by atoms with Crippen molar-refractivity contribution in [1.82, 2.24) is 5.32 Å². The van der Waals surface area contributed by atoms with Gasteiger partial charge in [0.1, 0.15) is 5.75 Å². The van der Waals surface area contributed by atoms with Crippen molar-refractivity contribution in [2.75, 3.05) is 12.4 Å². The summed E-state index contributed by atoms with van der Waals surface area (Å²) < 4.78 is 30.5. The molecule has 0 bridgehead atoms. The number of anilines is 1. The summed E-state index contributed by atoms with van der Waals surface area (Å²) >= 11 is 12.2. The number of ether oxygens (including phenoxy) is 1. The molecule has 3 aromatic carbocycles. The van der Waals surface area contributed by atoms with Gasteiger partial charge in [0.25, 0.3) is 0 Å². The molecule has 0 heterocycles. The molecule has 0 fully saturated rings. The summed E-state index contributed by atoms with van der Waals surface area (Å²) in [5.41, 5.74) is 1.80. The molecule has 3 aromatic rings. The fourth-order valence-electron chi connectivity index (χ4n) is 3.07. The number of carbonyl (C=O) groups is 1. The number of nitrogens with one attached hydrogen (secondary N) is 2. The van der Waals surface area contributed by atoms with Gasteiger partial charge in [0.15, 0.2) is 9.84 Å². The number of carbonyl (C=O) groups excluding carboxylic acids is 1. The van der Waals surface area contributed by atoms with Crippen molar-refractivity contribution in [2.24, 2.45) is 0 Å². The number of methoxy groups -OCH3 is 1. The maximum Gasteiger partial charge on any atom is 0.319 e. The average molecular weight is 493 g/mol. The molecule has 168 valence electrons. The van der Waals surface area contributed by atoms with Crippen molar-refractivity contribution >= 4 is 44.8 Å². The lowest BCUT2D eigenvalue weighted by Gasteiger charge is -2.17. The first kappa shape index (κ1) is 23.9. The zero-order valence-corrected chi connectivity index (χ0v) is 19.8. The van der Waals surface area contributed by atoms with Gasteiger partial charge >= 0.3 is 6.03 Å². The SMILES string of the molecule is COc1ccc(CS(=O)(=O)c2ccc(NC(=O)NC(C)c3cccc(Cl)c3Cl)cc2)cc1. The van der Waals surface area contributed by atoms with Crippen LogP contribution in [0.1, 0.15) is 24.1 Å². The molecule has 0 saturated carbocycles. The van der Waals surface area contributed by atoms with E-state index >= 15 is 0 Å². The van der Waals surface area contributed by atoms with E-state index < -0.39 is 15.9 Å². The Kier molecular flexibility index (Phi) is 7.66. The van der Waals surface area contributed by atoms with Crippen LogP contribution in [0.25, 0.3) is 0 Å². The molecule has 6 nitrogen and oxygen atoms in total. The molecular formula is C23H22Cl2N2O4S. The van der Waals surface area contributed by atoms with E-state index in [1.54, 1.807) is 56.5 Å². The molecule has 32 heavy (non-hydrogen) atoms. The van der Waals surface area contributed by atoms with Crippen molar-refractivity contribution in [1.29, 1.82) is 0 Å². The summed E-state index contributed by atoms with van der Waals surface area (Å²) in [7, 11) is -1.99. The molecule has 9 heteroatoms. The van der Waals surface area contributed by atoms with Gasteiger partial charge in [0.05, 0.1) is 33.8 Å². The lowest BCUT2D eigenvalue weighted by molar-refractivity contribution is 0.249. The number of amides is 2. The molecule has 0 spiro atoms. The Hall–Kier alpha value is -2.74. The maximum absolute atomic E-state index is 12.7. The third-order valence-electron chi connectivity index (χ3n) is 4.78. The van der Waals surface area contributed by atoms with Crippen LogP contribution in [-0.2, 0) is 15.6 Å². The molecule has 0 aromatic heterocycles. The Morgan fingerprint density at radius 2 is 1.66 bits per heavy atom.